The predicted molar refractivity (Wildman–Crippen MR) is 109 cm³/mol. The van der Waals surface area contributed by atoms with Gasteiger partial charge < -0.3 is 10.1 Å². The second kappa shape index (κ2) is 10.3. The fourth-order valence-electron chi connectivity index (χ4n) is 3.79. The van der Waals surface area contributed by atoms with Gasteiger partial charge in [-0.2, -0.15) is 0 Å². The Hall–Kier alpha value is -2.31. The van der Waals surface area contributed by atoms with Crippen molar-refractivity contribution in [3.63, 3.8) is 0 Å². The van der Waals surface area contributed by atoms with Crippen molar-refractivity contribution in [2.45, 2.75) is 38.8 Å². The molecule has 6 nitrogen and oxygen atoms in total. The number of likely N-dealkylation sites (tertiary alicyclic amines) is 1. The summed E-state index contributed by atoms with van der Waals surface area (Å²) in [5.41, 5.74) is 3.11. The summed E-state index contributed by atoms with van der Waals surface area (Å²) in [6.07, 6.45) is 4.22. The van der Waals surface area contributed by atoms with Gasteiger partial charge in [0.05, 0.1) is 24.0 Å². The Labute approximate surface area is 167 Å². The number of piperidine rings is 1. The molecule has 0 bridgehead atoms. The largest absolute Gasteiger partial charge is 0.384 e. The summed E-state index contributed by atoms with van der Waals surface area (Å²) < 4.78 is 5.04. The van der Waals surface area contributed by atoms with Gasteiger partial charge in [-0.05, 0) is 63.0 Å². The highest BCUT2D eigenvalue weighted by molar-refractivity contribution is 5.76. The van der Waals surface area contributed by atoms with Crippen LogP contribution in [0.2, 0.25) is 0 Å². The van der Waals surface area contributed by atoms with Crippen molar-refractivity contribution in [2.75, 3.05) is 26.8 Å². The monoisotopic (exact) mass is 382 g/mol. The number of carbonyl (C=O) groups is 1. The number of pyridine rings is 2. The van der Waals surface area contributed by atoms with E-state index in [1.807, 2.05) is 31.2 Å². The fourth-order valence-corrected chi connectivity index (χ4v) is 3.79. The number of nitrogens with zero attached hydrogens (tertiary/aromatic N) is 3. The lowest BCUT2D eigenvalue weighted by molar-refractivity contribution is -0.123. The molecule has 2 aromatic heterocycles. The zero-order valence-electron chi connectivity index (χ0n) is 16.8. The van der Waals surface area contributed by atoms with Crippen LogP contribution in [-0.4, -0.2) is 47.6 Å². The third-order valence-electron chi connectivity index (χ3n) is 5.29. The molecule has 1 aliphatic heterocycles. The van der Waals surface area contributed by atoms with Crippen molar-refractivity contribution in [3.05, 3.63) is 59.7 Å². The first-order valence-corrected chi connectivity index (χ1v) is 10.00. The van der Waals surface area contributed by atoms with Crippen LogP contribution >= 0.6 is 0 Å². The predicted octanol–water partition coefficient (Wildman–Crippen LogP) is 2.89. The summed E-state index contributed by atoms with van der Waals surface area (Å²) >= 11 is 0. The van der Waals surface area contributed by atoms with Gasteiger partial charge in [-0.3, -0.25) is 19.7 Å². The van der Waals surface area contributed by atoms with E-state index in [4.69, 9.17) is 4.74 Å². The molecule has 0 aromatic carbocycles. The molecule has 28 heavy (non-hydrogen) atoms. The van der Waals surface area contributed by atoms with Gasteiger partial charge in [0, 0.05) is 32.0 Å². The third-order valence-corrected chi connectivity index (χ3v) is 5.29. The Morgan fingerprint density at radius 3 is 2.75 bits per heavy atom. The number of aryl methyl sites for hydroxylation is 1. The Morgan fingerprint density at radius 2 is 2.07 bits per heavy atom. The van der Waals surface area contributed by atoms with Gasteiger partial charge in [0.25, 0.3) is 0 Å². The molecule has 1 atom stereocenters. The van der Waals surface area contributed by atoms with Crippen molar-refractivity contribution in [1.29, 1.82) is 0 Å². The molecule has 1 amide bonds. The van der Waals surface area contributed by atoms with E-state index >= 15 is 0 Å². The lowest BCUT2D eigenvalue weighted by atomic mass is 9.87. The normalized spacial score (nSPS) is 16.6. The number of methoxy groups -OCH3 is 1. The highest BCUT2D eigenvalue weighted by atomic mass is 16.5. The fraction of sp³-hybridized carbons (Fsp3) is 0.500. The van der Waals surface area contributed by atoms with Gasteiger partial charge in [0.15, 0.2) is 0 Å². The molecule has 1 unspecified atom stereocenters. The average molecular weight is 383 g/mol. The van der Waals surface area contributed by atoms with Crippen molar-refractivity contribution in [1.82, 2.24) is 20.2 Å². The molecule has 1 N–H and O–H groups in total. The van der Waals surface area contributed by atoms with Crippen LogP contribution in [0.5, 0.6) is 0 Å². The number of nitrogens with one attached hydrogen (secondary N) is 1. The summed E-state index contributed by atoms with van der Waals surface area (Å²) in [7, 11) is 1.61. The van der Waals surface area contributed by atoms with Crippen LogP contribution in [0.25, 0.3) is 0 Å². The van der Waals surface area contributed by atoms with Crippen molar-refractivity contribution in [2.24, 2.45) is 5.92 Å². The third kappa shape index (κ3) is 5.84. The van der Waals surface area contributed by atoms with Crippen LogP contribution in [0.3, 0.4) is 0 Å². The molecule has 3 heterocycles. The maximum absolute atomic E-state index is 12.3. The minimum absolute atomic E-state index is 0.0175. The number of aromatic nitrogens is 2. The van der Waals surface area contributed by atoms with Crippen LogP contribution in [0.15, 0.2) is 42.6 Å². The molecule has 1 fully saturated rings. The van der Waals surface area contributed by atoms with Gasteiger partial charge in [0.2, 0.25) is 5.91 Å². The average Bonchev–Trinajstić information content (AvgIpc) is 2.72. The molecule has 150 valence electrons. The zero-order valence-corrected chi connectivity index (χ0v) is 16.8. The number of rotatable bonds is 8. The van der Waals surface area contributed by atoms with E-state index < -0.39 is 0 Å². The molecule has 1 aliphatic rings. The smallest absolute Gasteiger partial charge is 0.222 e. The molecular weight excluding hydrogens is 352 g/mol. The number of hydrogen-bond donors (Lipinski definition) is 1. The molecule has 2 aromatic rings. The molecule has 0 spiro atoms. The zero-order chi connectivity index (χ0) is 19.8. The molecular formula is C22H30N4O2. The quantitative estimate of drug-likeness (QED) is 0.760. The molecule has 0 radical (unpaired) electrons. The van der Waals surface area contributed by atoms with Crippen molar-refractivity contribution in [3.8, 4) is 0 Å². The van der Waals surface area contributed by atoms with E-state index in [1.54, 1.807) is 13.3 Å². The van der Waals surface area contributed by atoms with Crippen LogP contribution < -0.4 is 5.32 Å². The van der Waals surface area contributed by atoms with E-state index in [9.17, 15) is 4.79 Å². The van der Waals surface area contributed by atoms with E-state index in [0.29, 0.717) is 18.9 Å². The first kappa shape index (κ1) is 20.4. The Balaban J connectivity index is 1.61. The molecule has 3 rings (SSSR count). The number of hydrogen-bond acceptors (Lipinski definition) is 5. The second-order valence-electron chi connectivity index (χ2n) is 7.43. The van der Waals surface area contributed by atoms with Gasteiger partial charge in [-0.15, -0.1) is 0 Å². The summed E-state index contributed by atoms with van der Waals surface area (Å²) in [6.45, 7) is 5.33. The Morgan fingerprint density at radius 1 is 1.25 bits per heavy atom. The summed E-state index contributed by atoms with van der Waals surface area (Å²) in [5.74, 6) is 0.395. The molecule has 1 saturated heterocycles. The van der Waals surface area contributed by atoms with Gasteiger partial charge in [-0.1, -0.05) is 12.1 Å². The van der Waals surface area contributed by atoms with Gasteiger partial charge >= 0.3 is 0 Å². The van der Waals surface area contributed by atoms with Crippen LogP contribution in [-0.2, 0) is 16.1 Å². The number of amides is 1. The minimum Gasteiger partial charge on any atom is -0.384 e. The highest BCUT2D eigenvalue weighted by Gasteiger charge is 2.29. The number of carbonyl (C=O) groups excluding carboxylic acids is 1. The topological polar surface area (TPSA) is 67.3 Å². The minimum atomic E-state index is -0.0511. The van der Waals surface area contributed by atoms with E-state index in [2.05, 4.69) is 32.3 Å². The summed E-state index contributed by atoms with van der Waals surface area (Å²) in [6, 6.07) is 12.0. The SMILES string of the molecule is COCCC(=O)NC(c1ccccn1)C1CCN(Cc2cccc(C)n2)CC1. The van der Waals surface area contributed by atoms with Gasteiger partial charge in [-0.25, -0.2) is 0 Å². The van der Waals surface area contributed by atoms with Crippen molar-refractivity contribution < 1.29 is 9.53 Å². The van der Waals surface area contributed by atoms with Crippen LogP contribution in [0, 0.1) is 12.8 Å². The highest BCUT2D eigenvalue weighted by Crippen LogP contribution is 2.30. The second-order valence-corrected chi connectivity index (χ2v) is 7.43. The van der Waals surface area contributed by atoms with Crippen LogP contribution in [0.4, 0.5) is 0 Å². The van der Waals surface area contributed by atoms with Crippen LogP contribution in [0.1, 0.15) is 42.4 Å². The van der Waals surface area contributed by atoms with Crippen molar-refractivity contribution >= 4 is 5.91 Å². The van der Waals surface area contributed by atoms with E-state index in [-0.39, 0.29) is 11.9 Å². The first-order chi connectivity index (χ1) is 13.7. The van der Waals surface area contributed by atoms with E-state index in [1.165, 1.54) is 0 Å². The van der Waals surface area contributed by atoms with Gasteiger partial charge in [0.1, 0.15) is 0 Å². The summed E-state index contributed by atoms with van der Waals surface area (Å²) in [4.78, 5) is 23.9. The molecule has 0 aliphatic carbocycles. The Bertz CT molecular complexity index is 745. The molecule has 0 saturated carbocycles. The van der Waals surface area contributed by atoms with E-state index in [0.717, 1.165) is 49.6 Å². The summed E-state index contributed by atoms with van der Waals surface area (Å²) in [5, 5.41) is 3.20. The Kier molecular flexibility index (Phi) is 7.51. The lowest BCUT2D eigenvalue weighted by Crippen LogP contribution is -2.41. The first-order valence-electron chi connectivity index (χ1n) is 10.00. The maximum atomic E-state index is 12.3. The lowest BCUT2D eigenvalue weighted by Gasteiger charge is -2.36. The maximum Gasteiger partial charge on any atom is 0.222 e. The number of ether oxygens (including phenoxy) is 1. The molecule has 6 heteroatoms. The standard InChI is InChI=1S/C22H30N4O2/c1-17-6-5-7-19(24-17)16-26-13-9-18(10-14-26)22(20-8-3-4-12-23-20)25-21(27)11-15-28-2/h3-8,12,18,22H,9-11,13-16H2,1-2H3,(H,25,27).